The molecule has 106 valence electrons. The van der Waals surface area contributed by atoms with Crippen LogP contribution in [0.2, 0.25) is 0 Å². The van der Waals surface area contributed by atoms with Crippen LogP contribution in [-0.4, -0.2) is 24.2 Å². The van der Waals surface area contributed by atoms with E-state index in [1.807, 2.05) is 19.1 Å². The Hall–Kier alpha value is -1.55. The summed E-state index contributed by atoms with van der Waals surface area (Å²) in [6, 6.07) is 5.45. The first-order valence-electron chi connectivity index (χ1n) is 6.61. The van der Waals surface area contributed by atoms with E-state index in [0.717, 1.165) is 18.4 Å². The van der Waals surface area contributed by atoms with Gasteiger partial charge < -0.3 is 16.2 Å². The maximum atomic E-state index is 12.1. The number of carbonyl (C=O) groups is 1. The van der Waals surface area contributed by atoms with E-state index in [4.69, 9.17) is 10.8 Å². The summed E-state index contributed by atoms with van der Waals surface area (Å²) in [5.41, 5.74) is 7.85. The summed E-state index contributed by atoms with van der Waals surface area (Å²) < 4.78 is 0. The average molecular weight is 264 g/mol. The maximum Gasteiger partial charge on any atom is 0.253 e. The number of rotatable bonds is 6. The lowest BCUT2D eigenvalue weighted by atomic mass is 9.88. The molecule has 4 heteroatoms. The zero-order valence-electron chi connectivity index (χ0n) is 12.0. The molecular weight excluding hydrogens is 240 g/mol. The predicted octanol–water partition coefficient (Wildman–Crippen LogP) is 2.11. The van der Waals surface area contributed by atoms with Gasteiger partial charge in [0.25, 0.3) is 5.91 Å². The largest absolute Gasteiger partial charge is 0.398 e. The monoisotopic (exact) mass is 264 g/mol. The first kappa shape index (κ1) is 15.5. The molecule has 4 N–H and O–H groups in total. The first-order chi connectivity index (χ1) is 8.87. The second kappa shape index (κ2) is 6.57. The topological polar surface area (TPSA) is 75.3 Å². The van der Waals surface area contributed by atoms with Crippen LogP contribution in [-0.2, 0) is 0 Å². The highest BCUT2D eigenvalue weighted by Crippen LogP contribution is 2.21. The van der Waals surface area contributed by atoms with Crippen molar-refractivity contribution in [2.24, 2.45) is 5.41 Å². The minimum Gasteiger partial charge on any atom is -0.398 e. The van der Waals surface area contributed by atoms with Gasteiger partial charge in [0.2, 0.25) is 0 Å². The number of hydrogen-bond acceptors (Lipinski definition) is 3. The third kappa shape index (κ3) is 4.56. The van der Waals surface area contributed by atoms with Crippen LogP contribution in [0.5, 0.6) is 0 Å². The van der Waals surface area contributed by atoms with Crippen molar-refractivity contribution in [2.75, 3.05) is 18.9 Å². The lowest BCUT2D eigenvalue weighted by Crippen LogP contribution is -2.34. The normalized spacial score (nSPS) is 11.4. The number of nitrogen functional groups attached to an aromatic ring is 1. The van der Waals surface area contributed by atoms with Crippen molar-refractivity contribution >= 4 is 11.6 Å². The summed E-state index contributed by atoms with van der Waals surface area (Å²) in [4.78, 5) is 12.1. The van der Waals surface area contributed by atoms with Crippen LogP contribution in [0, 0.1) is 12.3 Å². The number of amides is 1. The van der Waals surface area contributed by atoms with Gasteiger partial charge in [0.15, 0.2) is 0 Å². The number of para-hydroxylation sites is 1. The number of anilines is 1. The number of hydrogen-bond donors (Lipinski definition) is 3. The molecule has 0 aliphatic heterocycles. The van der Waals surface area contributed by atoms with Gasteiger partial charge in [-0.15, -0.1) is 0 Å². The second-order valence-corrected chi connectivity index (χ2v) is 5.71. The molecule has 0 spiro atoms. The Morgan fingerprint density at radius 3 is 2.74 bits per heavy atom. The van der Waals surface area contributed by atoms with Crippen LogP contribution in [0.3, 0.4) is 0 Å². The molecule has 0 saturated carbocycles. The van der Waals surface area contributed by atoms with E-state index < -0.39 is 0 Å². The van der Waals surface area contributed by atoms with E-state index in [0.29, 0.717) is 17.8 Å². The van der Waals surface area contributed by atoms with E-state index in [2.05, 4.69) is 19.2 Å². The quantitative estimate of drug-likeness (QED) is 0.689. The lowest BCUT2D eigenvalue weighted by Gasteiger charge is -2.24. The van der Waals surface area contributed by atoms with Crippen LogP contribution in [0.25, 0.3) is 0 Å². The summed E-state index contributed by atoms with van der Waals surface area (Å²) in [7, 11) is 0. The second-order valence-electron chi connectivity index (χ2n) is 5.71. The highest BCUT2D eigenvalue weighted by Gasteiger charge is 2.19. The fourth-order valence-corrected chi connectivity index (χ4v) is 1.94. The molecule has 0 bridgehead atoms. The van der Waals surface area contributed by atoms with Crippen LogP contribution >= 0.6 is 0 Å². The predicted molar refractivity (Wildman–Crippen MR) is 78.0 cm³/mol. The standard InChI is InChI=1S/C15H24N2O2/c1-11-6-4-7-12(13(11)16)14(19)17-10-15(2,3)8-5-9-18/h4,6-7,18H,5,8-10,16H2,1-3H3,(H,17,19). The summed E-state index contributed by atoms with van der Waals surface area (Å²) in [5, 5.41) is 11.8. The molecule has 0 aliphatic carbocycles. The van der Waals surface area contributed by atoms with Crippen molar-refractivity contribution in [1.82, 2.24) is 5.32 Å². The van der Waals surface area contributed by atoms with Crippen molar-refractivity contribution < 1.29 is 9.90 Å². The van der Waals surface area contributed by atoms with Gasteiger partial charge in [0, 0.05) is 18.8 Å². The molecule has 0 atom stereocenters. The zero-order valence-corrected chi connectivity index (χ0v) is 12.0. The number of nitrogens with two attached hydrogens (primary N) is 1. The zero-order chi connectivity index (χ0) is 14.5. The average Bonchev–Trinajstić information content (AvgIpc) is 2.37. The number of aryl methyl sites for hydroxylation is 1. The lowest BCUT2D eigenvalue weighted by molar-refractivity contribution is 0.0934. The van der Waals surface area contributed by atoms with Crippen molar-refractivity contribution in [3.05, 3.63) is 29.3 Å². The molecule has 0 aliphatic rings. The van der Waals surface area contributed by atoms with Gasteiger partial charge in [-0.25, -0.2) is 0 Å². The van der Waals surface area contributed by atoms with E-state index in [9.17, 15) is 4.79 Å². The highest BCUT2D eigenvalue weighted by molar-refractivity contribution is 5.99. The molecule has 0 aromatic heterocycles. The summed E-state index contributed by atoms with van der Waals surface area (Å²) in [6.07, 6.45) is 1.61. The molecule has 0 radical (unpaired) electrons. The molecule has 0 saturated heterocycles. The van der Waals surface area contributed by atoms with Crippen molar-refractivity contribution in [2.45, 2.75) is 33.6 Å². The van der Waals surface area contributed by atoms with E-state index in [1.165, 1.54) is 0 Å². The number of carbonyl (C=O) groups excluding carboxylic acids is 1. The number of benzene rings is 1. The molecule has 1 rings (SSSR count). The van der Waals surface area contributed by atoms with E-state index in [1.54, 1.807) is 6.07 Å². The number of aliphatic hydroxyl groups excluding tert-OH is 1. The molecule has 0 heterocycles. The maximum absolute atomic E-state index is 12.1. The number of nitrogens with one attached hydrogen (secondary N) is 1. The molecule has 19 heavy (non-hydrogen) atoms. The van der Waals surface area contributed by atoms with Gasteiger partial charge in [-0.2, -0.15) is 0 Å². The van der Waals surface area contributed by atoms with Crippen molar-refractivity contribution in [1.29, 1.82) is 0 Å². The van der Waals surface area contributed by atoms with Gasteiger partial charge in [0.05, 0.1) is 5.56 Å². The number of aliphatic hydroxyl groups is 1. The van der Waals surface area contributed by atoms with Gasteiger partial charge in [-0.05, 0) is 36.8 Å². The first-order valence-corrected chi connectivity index (χ1v) is 6.61. The molecule has 0 fully saturated rings. The van der Waals surface area contributed by atoms with Gasteiger partial charge >= 0.3 is 0 Å². The molecule has 1 aromatic rings. The Bertz CT molecular complexity index is 442. The molecule has 1 aromatic carbocycles. The Morgan fingerprint density at radius 2 is 2.11 bits per heavy atom. The smallest absolute Gasteiger partial charge is 0.253 e. The Morgan fingerprint density at radius 1 is 1.42 bits per heavy atom. The summed E-state index contributed by atoms with van der Waals surface area (Å²) in [6.45, 7) is 6.78. The van der Waals surface area contributed by atoms with Crippen molar-refractivity contribution in [3.63, 3.8) is 0 Å². The molecule has 4 nitrogen and oxygen atoms in total. The van der Waals surface area contributed by atoms with Gasteiger partial charge in [0.1, 0.15) is 0 Å². The van der Waals surface area contributed by atoms with Crippen LogP contribution < -0.4 is 11.1 Å². The fraction of sp³-hybridized carbons (Fsp3) is 0.533. The van der Waals surface area contributed by atoms with Crippen LogP contribution in [0.15, 0.2) is 18.2 Å². The Labute approximate surface area is 115 Å². The van der Waals surface area contributed by atoms with Crippen LogP contribution in [0.4, 0.5) is 5.69 Å². The SMILES string of the molecule is Cc1cccc(C(=O)NCC(C)(C)CCCO)c1N. The minimum absolute atomic E-state index is 0.0308. The highest BCUT2D eigenvalue weighted by atomic mass is 16.2. The van der Waals surface area contributed by atoms with Gasteiger partial charge in [-0.1, -0.05) is 26.0 Å². The Kier molecular flexibility index (Phi) is 5.36. The third-order valence-electron chi connectivity index (χ3n) is 3.31. The van der Waals surface area contributed by atoms with Gasteiger partial charge in [-0.3, -0.25) is 4.79 Å². The fourth-order valence-electron chi connectivity index (χ4n) is 1.94. The summed E-state index contributed by atoms with van der Waals surface area (Å²) >= 11 is 0. The van der Waals surface area contributed by atoms with E-state index >= 15 is 0 Å². The molecule has 0 unspecified atom stereocenters. The molecular formula is C15H24N2O2. The van der Waals surface area contributed by atoms with Crippen LogP contribution in [0.1, 0.15) is 42.6 Å². The summed E-state index contributed by atoms with van der Waals surface area (Å²) in [5.74, 6) is -0.140. The minimum atomic E-state index is -0.140. The van der Waals surface area contributed by atoms with Crippen molar-refractivity contribution in [3.8, 4) is 0 Å². The molecule has 1 amide bonds. The third-order valence-corrected chi connectivity index (χ3v) is 3.31. The van der Waals surface area contributed by atoms with E-state index in [-0.39, 0.29) is 17.9 Å². The Balaban J connectivity index is 2.63.